The third kappa shape index (κ3) is 3.81. The molecule has 0 bridgehead atoms. The molecule has 0 heterocycles. The van der Waals surface area contributed by atoms with Crippen molar-refractivity contribution in [3.8, 4) is 5.75 Å². The summed E-state index contributed by atoms with van der Waals surface area (Å²) in [7, 11) is 1.95. The van der Waals surface area contributed by atoms with Crippen LogP contribution in [0.1, 0.15) is 16.7 Å². The molecule has 0 saturated heterocycles. The predicted octanol–water partition coefficient (Wildman–Crippen LogP) is 3.48. The van der Waals surface area contributed by atoms with Crippen LogP contribution in [0, 0.1) is 12.7 Å². The van der Waals surface area contributed by atoms with Gasteiger partial charge in [0.15, 0.2) is 0 Å². The van der Waals surface area contributed by atoms with Crippen molar-refractivity contribution in [2.24, 2.45) is 0 Å². The molecule has 0 fully saturated rings. The molecule has 2 aromatic carbocycles. The van der Waals surface area contributed by atoms with Gasteiger partial charge in [-0.2, -0.15) is 0 Å². The maximum Gasteiger partial charge on any atom is 0.123 e. The third-order valence-electron chi connectivity index (χ3n) is 3.28. The summed E-state index contributed by atoms with van der Waals surface area (Å²) in [6.07, 6.45) is 0.971. The molecule has 0 atom stereocenters. The van der Waals surface area contributed by atoms with Crippen molar-refractivity contribution < 1.29 is 9.13 Å². The first-order valence-electron chi connectivity index (χ1n) is 6.81. The van der Waals surface area contributed by atoms with Gasteiger partial charge in [-0.3, -0.25) is 0 Å². The fraction of sp³-hybridized carbons (Fsp3) is 0.294. The van der Waals surface area contributed by atoms with E-state index in [1.54, 1.807) is 6.07 Å². The van der Waals surface area contributed by atoms with E-state index in [2.05, 4.69) is 17.4 Å². The Morgan fingerprint density at radius 1 is 1.10 bits per heavy atom. The van der Waals surface area contributed by atoms with Gasteiger partial charge in [0.25, 0.3) is 0 Å². The standard InChI is InChI=1S/C17H20FNO/c1-13-11-16(18)7-8-17(13)20-12-15-6-4-3-5-14(15)9-10-19-2/h3-8,11,19H,9-10,12H2,1-2H3. The van der Waals surface area contributed by atoms with Crippen LogP contribution in [0.2, 0.25) is 0 Å². The van der Waals surface area contributed by atoms with E-state index in [0.717, 1.165) is 24.3 Å². The molecule has 2 rings (SSSR count). The second-order valence-electron chi connectivity index (χ2n) is 4.82. The average Bonchev–Trinajstić information content (AvgIpc) is 2.45. The van der Waals surface area contributed by atoms with E-state index in [-0.39, 0.29) is 5.82 Å². The monoisotopic (exact) mass is 273 g/mol. The van der Waals surface area contributed by atoms with Gasteiger partial charge in [-0.25, -0.2) is 4.39 Å². The topological polar surface area (TPSA) is 21.3 Å². The molecule has 20 heavy (non-hydrogen) atoms. The van der Waals surface area contributed by atoms with E-state index in [4.69, 9.17) is 4.74 Å². The van der Waals surface area contributed by atoms with E-state index in [0.29, 0.717) is 6.61 Å². The first kappa shape index (κ1) is 14.5. The van der Waals surface area contributed by atoms with Gasteiger partial charge in [0.2, 0.25) is 0 Å². The highest BCUT2D eigenvalue weighted by atomic mass is 19.1. The highest BCUT2D eigenvalue weighted by Gasteiger charge is 2.05. The van der Waals surface area contributed by atoms with Crippen LogP contribution in [0.15, 0.2) is 42.5 Å². The summed E-state index contributed by atoms with van der Waals surface area (Å²) in [5.74, 6) is 0.499. The Morgan fingerprint density at radius 2 is 1.85 bits per heavy atom. The van der Waals surface area contributed by atoms with Gasteiger partial charge in [-0.15, -0.1) is 0 Å². The largest absolute Gasteiger partial charge is 0.489 e. The summed E-state index contributed by atoms with van der Waals surface area (Å²) >= 11 is 0. The average molecular weight is 273 g/mol. The zero-order valence-electron chi connectivity index (χ0n) is 11.9. The number of benzene rings is 2. The number of halogens is 1. The van der Waals surface area contributed by atoms with Crippen molar-refractivity contribution in [3.63, 3.8) is 0 Å². The number of hydrogen-bond donors (Lipinski definition) is 1. The Bertz CT molecular complexity index is 569. The van der Waals surface area contributed by atoms with Crippen LogP contribution < -0.4 is 10.1 Å². The molecule has 3 heteroatoms. The molecule has 0 aliphatic rings. The predicted molar refractivity (Wildman–Crippen MR) is 79.5 cm³/mol. The summed E-state index contributed by atoms with van der Waals surface area (Å²) in [5.41, 5.74) is 3.27. The molecular formula is C17H20FNO. The lowest BCUT2D eigenvalue weighted by Crippen LogP contribution is -2.12. The number of likely N-dealkylation sites (N-methyl/N-ethyl adjacent to an activating group) is 1. The minimum Gasteiger partial charge on any atom is -0.489 e. The number of aryl methyl sites for hydroxylation is 1. The fourth-order valence-electron chi connectivity index (χ4n) is 2.13. The van der Waals surface area contributed by atoms with Gasteiger partial charge < -0.3 is 10.1 Å². The lowest BCUT2D eigenvalue weighted by Gasteiger charge is -2.12. The number of rotatable bonds is 6. The number of nitrogens with one attached hydrogen (secondary N) is 1. The summed E-state index contributed by atoms with van der Waals surface area (Å²) in [5, 5.41) is 3.15. The zero-order chi connectivity index (χ0) is 14.4. The summed E-state index contributed by atoms with van der Waals surface area (Å²) < 4.78 is 18.9. The molecule has 1 N–H and O–H groups in total. The molecule has 106 valence electrons. The van der Waals surface area contributed by atoms with Crippen LogP contribution >= 0.6 is 0 Å². The summed E-state index contributed by atoms with van der Waals surface area (Å²) in [6.45, 7) is 3.30. The Balaban J connectivity index is 2.06. The van der Waals surface area contributed by atoms with Gasteiger partial charge >= 0.3 is 0 Å². The number of ether oxygens (including phenoxy) is 1. The van der Waals surface area contributed by atoms with Gasteiger partial charge in [0, 0.05) is 0 Å². The lowest BCUT2D eigenvalue weighted by molar-refractivity contribution is 0.302. The van der Waals surface area contributed by atoms with Crippen LogP contribution in [0.5, 0.6) is 5.75 Å². The van der Waals surface area contributed by atoms with Crippen LogP contribution in [0.3, 0.4) is 0 Å². The molecule has 2 nitrogen and oxygen atoms in total. The minimum atomic E-state index is -0.232. The van der Waals surface area contributed by atoms with Crippen LogP contribution in [-0.2, 0) is 13.0 Å². The van der Waals surface area contributed by atoms with Crippen molar-refractivity contribution in [2.45, 2.75) is 20.0 Å². The molecule has 0 unspecified atom stereocenters. The van der Waals surface area contributed by atoms with Crippen LogP contribution in [0.4, 0.5) is 4.39 Å². The first-order chi connectivity index (χ1) is 9.70. The molecule has 0 aliphatic carbocycles. The summed E-state index contributed by atoms with van der Waals surface area (Å²) in [6, 6.07) is 12.8. The second-order valence-corrected chi connectivity index (χ2v) is 4.82. The van der Waals surface area contributed by atoms with Crippen LogP contribution in [-0.4, -0.2) is 13.6 Å². The molecule has 0 aliphatic heterocycles. The van der Waals surface area contributed by atoms with Crippen LogP contribution in [0.25, 0.3) is 0 Å². The molecule has 0 spiro atoms. The fourth-order valence-corrected chi connectivity index (χ4v) is 2.13. The summed E-state index contributed by atoms with van der Waals surface area (Å²) in [4.78, 5) is 0. The first-order valence-corrected chi connectivity index (χ1v) is 6.81. The molecule has 0 aromatic heterocycles. The highest BCUT2D eigenvalue weighted by molar-refractivity contribution is 5.33. The van der Waals surface area contributed by atoms with Gasteiger partial charge in [-0.05, 0) is 61.8 Å². The normalized spacial score (nSPS) is 10.6. The van der Waals surface area contributed by atoms with E-state index in [1.165, 1.54) is 23.3 Å². The Kier molecular flexibility index (Phi) is 5.13. The zero-order valence-corrected chi connectivity index (χ0v) is 11.9. The lowest BCUT2D eigenvalue weighted by atomic mass is 10.1. The van der Waals surface area contributed by atoms with E-state index >= 15 is 0 Å². The molecular weight excluding hydrogens is 253 g/mol. The van der Waals surface area contributed by atoms with Crippen molar-refractivity contribution >= 4 is 0 Å². The number of hydrogen-bond acceptors (Lipinski definition) is 2. The highest BCUT2D eigenvalue weighted by Crippen LogP contribution is 2.20. The SMILES string of the molecule is CNCCc1ccccc1COc1ccc(F)cc1C. The van der Waals surface area contributed by atoms with Gasteiger partial charge in [0.1, 0.15) is 18.2 Å². The molecule has 0 amide bonds. The molecule has 0 saturated carbocycles. The van der Waals surface area contributed by atoms with Crippen molar-refractivity contribution in [3.05, 3.63) is 65.0 Å². The quantitative estimate of drug-likeness (QED) is 0.870. The van der Waals surface area contributed by atoms with E-state index < -0.39 is 0 Å². The molecule has 2 aromatic rings. The van der Waals surface area contributed by atoms with E-state index in [9.17, 15) is 4.39 Å². The Hall–Kier alpha value is -1.87. The van der Waals surface area contributed by atoms with Gasteiger partial charge in [0.05, 0.1) is 0 Å². The van der Waals surface area contributed by atoms with Crippen molar-refractivity contribution in [1.29, 1.82) is 0 Å². The maximum atomic E-state index is 13.1. The van der Waals surface area contributed by atoms with Crippen molar-refractivity contribution in [2.75, 3.05) is 13.6 Å². The smallest absolute Gasteiger partial charge is 0.123 e. The Morgan fingerprint density at radius 3 is 2.55 bits per heavy atom. The van der Waals surface area contributed by atoms with Gasteiger partial charge in [-0.1, -0.05) is 24.3 Å². The second kappa shape index (κ2) is 7.06. The maximum absolute atomic E-state index is 13.1. The van der Waals surface area contributed by atoms with Crippen molar-refractivity contribution in [1.82, 2.24) is 5.32 Å². The van der Waals surface area contributed by atoms with E-state index in [1.807, 2.05) is 26.1 Å². The molecule has 0 radical (unpaired) electrons. The minimum absolute atomic E-state index is 0.232. The third-order valence-corrected chi connectivity index (χ3v) is 3.28. The Labute approximate surface area is 119 Å².